The monoisotopic (exact) mass is 219 g/mol. The summed E-state index contributed by atoms with van der Waals surface area (Å²) in [5, 5.41) is 3.64. The van der Waals surface area contributed by atoms with Gasteiger partial charge in [0.1, 0.15) is 0 Å². The van der Waals surface area contributed by atoms with Crippen molar-refractivity contribution >= 4 is 5.69 Å². The number of ether oxygens (including phenoxy) is 1. The molecule has 2 heteroatoms. The fourth-order valence-electron chi connectivity index (χ4n) is 2.24. The smallest absolute Gasteiger partial charge is 0.0485 e. The number of nitrogens with one attached hydrogen (secondary N) is 1. The molecule has 1 fully saturated rings. The summed E-state index contributed by atoms with van der Waals surface area (Å²) in [5.74, 6) is 0. The van der Waals surface area contributed by atoms with Gasteiger partial charge in [-0.05, 0) is 44.7 Å². The van der Waals surface area contributed by atoms with E-state index in [1.807, 2.05) is 0 Å². The average Bonchev–Trinajstić information content (AvgIpc) is 2.51. The lowest BCUT2D eigenvalue weighted by Crippen LogP contribution is -2.20. The van der Waals surface area contributed by atoms with E-state index in [1.54, 1.807) is 0 Å². The summed E-state index contributed by atoms with van der Waals surface area (Å²) in [4.78, 5) is 0. The molecule has 16 heavy (non-hydrogen) atoms. The second-order valence-corrected chi connectivity index (χ2v) is 4.70. The second kappa shape index (κ2) is 5.35. The van der Waals surface area contributed by atoms with Gasteiger partial charge in [-0.2, -0.15) is 0 Å². The van der Waals surface area contributed by atoms with Gasteiger partial charge in [-0.15, -0.1) is 0 Å². The van der Waals surface area contributed by atoms with E-state index in [0.717, 1.165) is 19.6 Å². The van der Waals surface area contributed by atoms with Gasteiger partial charge in [-0.3, -0.25) is 0 Å². The molecule has 0 aliphatic carbocycles. The maximum atomic E-state index is 5.47. The second-order valence-electron chi connectivity index (χ2n) is 4.70. The van der Waals surface area contributed by atoms with E-state index in [0.29, 0.717) is 6.04 Å². The largest absolute Gasteiger partial charge is 0.382 e. The number of anilines is 1. The van der Waals surface area contributed by atoms with Crippen molar-refractivity contribution in [2.45, 2.75) is 39.2 Å². The van der Waals surface area contributed by atoms with Gasteiger partial charge in [-0.25, -0.2) is 0 Å². The zero-order valence-corrected chi connectivity index (χ0v) is 10.3. The molecular formula is C14H21NO. The first-order valence-electron chi connectivity index (χ1n) is 6.17. The van der Waals surface area contributed by atoms with Crippen LogP contribution in [0.15, 0.2) is 18.2 Å². The maximum Gasteiger partial charge on any atom is 0.0485 e. The molecule has 1 atom stereocenters. The molecule has 1 heterocycles. The summed E-state index contributed by atoms with van der Waals surface area (Å²) in [6.07, 6.45) is 3.50. The van der Waals surface area contributed by atoms with Gasteiger partial charge in [0, 0.05) is 24.9 Å². The van der Waals surface area contributed by atoms with Crippen LogP contribution in [0, 0.1) is 13.8 Å². The van der Waals surface area contributed by atoms with E-state index < -0.39 is 0 Å². The van der Waals surface area contributed by atoms with Crippen molar-refractivity contribution < 1.29 is 4.74 Å². The van der Waals surface area contributed by atoms with E-state index in [1.165, 1.54) is 29.7 Å². The Bertz CT molecular complexity index is 341. The van der Waals surface area contributed by atoms with Crippen LogP contribution >= 0.6 is 0 Å². The molecule has 0 spiro atoms. The zero-order chi connectivity index (χ0) is 11.4. The molecule has 2 nitrogen and oxygen atoms in total. The summed E-state index contributed by atoms with van der Waals surface area (Å²) in [6, 6.07) is 7.16. The van der Waals surface area contributed by atoms with Gasteiger partial charge < -0.3 is 10.1 Å². The molecule has 1 aliphatic rings. The van der Waals surface area contributed by atoms with Crippen LogP contribution in [0.25, 0.3) is 0 Å². The summed E-state index contributed by atoms with van der Waals surface area (Å²) in [5.41, 5.74) is 3.94. The molecular weight excluding hydrogens is 198 g/mol. The Kier molecular flexibility index (Phi) is 3.83. The van der Waals surface area contributed by atoms with Crippen molar-refractivity contribution in [2.24, 2.45) is 0 Å². The normalized spacial score (nSPS) is 21.5. The Morgan fingerprint density at radius 1 is 1.19 bits per heavy atom. The molecule has 2 rings (SSSR count). The Hall–Kier alpha value is -1.02. The average molecular weight is 219 g/mol. The van der Waals surface area contributed by atoms with Gasteiger partial charge in [-0.1, -0.05) is 17.7 Å². The van der Waals surface area contributed by atoms with E-state index in [9.17, 15) is 0 Å². The van der Waals surface area contributed by atoms with Crippen molar-refractivity contribution in [2.75, 3.05) is 18.5 Å². The highest BCUT2D eigenvalue weighted by Crippen LogP contribution is 2.20. The van der Waals surface area contributed by atoms with Crippen LogP contribution in [0.3, 0.4) is 0 Å². The van der Waals surface area contributed by atoms with E-state index in [4.69, 9.17) is 4.74 Å². The van der Waals surface area contributed by atoms with Gasteiger partial charge in [0.2, 0.25) is 0 Å². The summed E-state index contributed by atoms with van der Waals surface area (Å²) in [7, 11) is 0. The van der Waals surface area contributed by atoms with E-state index >= 15 is 0 Å². The quantitative estimate of drug-likeness (QED) is 0.824. The molecule has 0 amide bonds. The Labute approximate surface area is 98.0 Å². The summed E-state index contributed by atoms with van der Waals surface area (Å²) < 4.78 is 5.47. The number of benzene rings is 1. The first kappa shape index (κ1) is 11.5. The molecule has 1 unspecified atom stereocenters. The molecule has 0 bridgehead atoms. The third-order valence-electron chi connectivity index (χ3n) is 3.19. The highest BCUT2D eigenvalue weighted by molar-refractivity contribution is 5.52. The van der Waals surface area contributed by atoms with E-state index in [-0.39, 0.29) is 0 Å². The minimum atomic E-state index is 0.573. The summed E-state index contributed by atoms with van der Waals surface area (Å²) in [6.45, 7) is 6.12. The van der Waals surface area contributed by atoms with Crippen molar-refractivity contribution in [1.82, 2.24) is 0 Å². The lowest BCUT2D eigenvalue weighted by Gasteiger charge is -2.19. The third kappa shape index (κ3) is 2.99. The predicted molar refractivity (Wildman–Crippen MR) is 68.0 cm³/mol. The molecule has 88 valence electrons. The van der Waals surface area contributed by atoms with Crippen LogP contribution in [0.1, 0.15) is 30.4 Å². The zero-order valence-electron chi connectivity index (χ0n) is 10.3. The fraction of sp³-hybridized carbons (Fsp3) is 0.571. The van der Waals surface area contributed by atoms with Crippen molar-refractivity contribution in [3.63, 3.8) is 0 Å². The maximum absolute atomic E-state index is 5.47. The van der Waals surface area contributed by atoms with E-state index in [2.05, 4.69) is 37.4 Å². The number of hydrogen-bond donors (Lipinski definition) is 1. The highest BCUT2D eigenvalue weighted by atomic mass is 16.5. The minimum absolute atomic E-state index is 0.573. The molecule has 0 radical (unpaired) electrons. The van der Waals surface area contributed by atoms with Gasteiger partial charge in [0.15, 0.2) is 0 Å². The molecule has 1 saturated heterocycles. The standard InChI is InChI=1S/C14H21NO/c1-11-5-6-14(12(2)10-11)15-13-4-3-8-16-9-7-13/h5-6,10,13,15H,3-4,7-9H2,1-2H3. The SMILES string of the molecule is Cc1ccc(NC2CCCOCC2)c(C)c1. The van der Waals surface area contributed by atoms with Gasteiger partial charge in [0.05, 0.1) is 0 Å². The molecule has 1 aliphatic heterocycles. The lowest BCUT2D eigenvalue weighted by molar-refractivity contribution is 0.144. The van der Waals surface area contributed by atoms with Crippen LogP contribution in [0.4, 0.5) is 5.69 Å². The predicted octanol–water partition coefficient (Wildman–Crippen LogP) is 3.28. The van der Waals surface area contributed by atoms with Crippen molar-refractivity contribution in [3.8, 4) is 0 Å². The van der Waals surface area contributed by atoms with Crippen LogP contribution in [0.5, 0.6) is 0 Å². The number of rotatable bonds is 2. The lowest BCUT2D eigenvalue weighted by atomic mass is 10.1. The Morgan fingerprint density at radius 2 is 2.06 bits per heavy atom. The Morgan fingerprint density at radius 3 is 2.88 bits per heavy atom. The van der Waals surface area contributed by atoms with Gasteiger partial charge >= 0.3 is 0 Å². The highest BCUT2D eigenvalue weighted by Gasteiger charge is 2.12. The van der Waals surface area contributed by atoms with Crippen molar-refractivity contribution in [3.05, 3.63) is 29.3 Å². The third-order valence-corrected chi connectivity index (χ3v) is 3.19. The van der Waals surface area contributed by atoms with Gasteiger partial charge in [0.25, 0.3) is 0 Å². The van der Waals surface area contributed by atoms with Crippen LogP contribution in [-0.4, -0.2) is 19.3 Å². The Balaban J connectivity index is 2.01. The molecule has 0 aromatic heterocycles. The molecule has 1 N–H and O–H groups in total. The first-order valence-corrected chi connectivity index (χ1v) is 6.17. The minimum Gasteiger partial charge on any atom is -0.382 e. The molecule has 1 aromatic carbocycles. The fourth-order valence-corrected chi connectivity index (χ4v) is 2.24. The number of hydrogen-bond acceptors (Lipinski definition) is 2. The molecule has 1 aromatic rings. The first-order chi connectivity index (χ1) is 7.75. The molecule has 0 saturated carbocycles. The summed E-state index contributed by atoms with van der Waals surface area (Å²) >= 11 is 0. The van der Waals surface area contributed by atoms with Crippen LogP contribution < -0.4 is 5.32 Å². The number of aryl methyl sites for hydroxylation is 2. The van der Waals surface area contributed by atoms with Crippen molar-refractivity contribution in [1.29, 1.82) is 0 Å². The van der Waals surface area contributed by atoms with Crippen LogP contribution in [0.2, 0.25) is 0 Å². The van der Waals surface area contributed by atoms with Crippen LogP contribution in [-0.2, 0) is 4.74 Å². The topological polar surface area (TPSA) is 21.3 Å².